The maximum atomic E-state index is 13.4. The summed E-state index contributed by atoms with van der Waals surface area (Å²) in [6, 6.07) is 5.83. The summed E-state index contributed by atoms with van der Waals surface area (Å²) in [6.07, 6.45) is 0.223. The Morgan fingerprint density at radius 2 is 1.91 bits per heavy atom. The lowest BCUT2D eigenvalue weighted by atomic mass is 9.89. The number of ether oxygens (including phenoxy) is 1. The summed E-state index contributed by atoms with van der Waals surface area (Å²) in [5, 5.41) is 5.74. The summed E-state index contributed by atoms with van der Waals surface area (Å²) >= 11 is 1.49. The van der Waals surface area contributed by atoms with E-state index in [0.29, 0.717) is 23.7 Å². The second kappa shape index (κ2) is 9.75. The Kier molecular flexibility index (Phi) is 7.42. The van der Waals surface area contributed by atoms with E-state index in [1.54, 1.807) is 0 Å². The van der Waals surface area contributed by atoms with Gasteiger partial charge in [-0.2, -0.15) is 0 Å². The molecule has 1 unspecified atom stereocenters. The number of esters is 1. The number of fused-ring (bicyclic) bond motifs is 1. The Balaban J connectivity index is 2.05. The summed E-state index contributed by atoms with van der Waals surface area (Å²) in [6.45, 7) is 16.3. The van der Waals surface area contributed by atoms with E-state index in [9.17, 15) is 9.59 Å². The molecule has 0 aliphatic carbocycles. The van der Waals surface area contributed by atoms with Crippen molar-refractivity contribution < 1.29 is 14.3 Å². The van der Waals surface area contributed by atoms with Gasteiger partial charge in [-0.05, 0) is 64.0 Å². The predicted octanol–water partition coefficient (Wildman–Crippen LogP) is 5.38. The molecule has 7 heteroatoms. The zero-order valence-corrected chi connectivity index (χ0v) is 21.7. The Morgan fingerprint density at radius 3 is 2.55 bits per heavy atom. The molecule has 1 aromatic carbocycles. The van der Waals surface area contributed by atoms with Gasteiger partial charge in [-0.15, -0.1) is 0 Å². The van der Waals surface area contributed by atoms with Crippen molar-refractivity contribution in [2.75, 3.05) is 6.54 Å². The van der Waals surface area contributed by atoms with Crippen LogP contribution in [0.25, 0.3) is 0 Å². The number of thioether (sulfide) groups is 1. The molecule has 1 atom stereocenters. The van der Waals surface area contributed by atoms with Gasteiger partial charge in [-0.25, -0.2) is 9.79 Å². The van der Waals surface area contributed by atoms with Crippen molar-refractivity contribution in [3.05, 3.63) is 57.3 Å². The van der Waals surface area contributed by atoms with Crippen LogP contribution in [-0.4, -0.2) is 34.1 Å². The Bertz CT molecular complexity index is 1050. The van der Waals surface area contributed by atoms with Crippen LogP contribution in [0.15, 0.2) is 45.6 Å². The molecule has 0 spiro atoms. The maximum absolute atomic E-state index is 13.4. The van der Waals surface area contributed by atoms with Crippen LogP contribution in [0.1, 0.15) is 70.7 Å². The van der Waals surface area contributed by atoms with E-state index >= 15 is 0 Å². The largest absolute Gasteiger partial charge is 0.456 e. The maximum Gasteiger partial charge on any atom is 0.338 e. The van der Waals surface area contributed by atoms with E-state index in [1.807, 2.05) is 51.9 Å². The summed E-state index contributed by atoms with van der Waals surface area (Å²) in [7, 11) is 0. The van der Waals surface area contributed by atoms with Crippen molar-refractivity contribution in [2.45, 2.75) is 73.5 Å². The lowest BCUT2D eigenvalue weighted by Gasteiger charge is -2.37. The zero-order chi connectivity index (χ0) is 24.5. The summed E-state index contributed by atoms with van der Waals surface area (Å²) in [5.74, 6) is -0.0455. The normalized spacial score (nSPS) is 18.2. The molecule has 0 bridgehead atoms. The van der Waals surface area contributed by atoms with Crippen molar-refractivity contribution >= 4 is 28.8 Å². The Morgan fingerprint density at radius 1 is 1.21 bits per heavy atom. The lowest BCUT2D eigenvalue weighted by molar-refractivity contribution is -0.150. The minimum absolute atomic E-state index is 0.0402. The molecule has 1 N–H and O–H groups in total. The van der Waals surface area contributed by atoms with E-state index in [1.165, 1.54) is 11.8 Å². The zero-order valence-electron chi connectivity index (χ0n) is 20.9. The quantitative estimate of drug-likeness (QED) is 0.566. The molecular formula is C26H35N3O3S. The third kappa shape index (κ3) is 5.88. The van der Waals surface area contributed by atoms with Gasteiger partial charge in [0.2, 0.25) is 5.91 Å². The highest BCUT2D eigenvalue weighted by Crippen LogP contribution is 2.46. The number of aryl methyl sites for hydroxylation is 2. The first-order valence-corrected chi connectivity index (χ1v) is 12.3. The number of hydrogen-bond acceptors (Lipinski definition) is 6. The highest BCUT2D eigenvalue weighted by molar-refractivity contribution is 8.16. The first kappa shape index (κ1) is 25.1. The summed E-state index contributed by atoms with van der Waals surface area (Å²) in [4.78, 5) is 32.9. The van der Waals surface area contributed by atoms with Gasteiger partial charge in [0, 0.05) is 12.2 Å². The molecule has 1 amide bonds. The molecule has 2 aliphatic heterocycles. The number of nitrogens with one attached hydrogen (secondary N) is 1. The van der Waals surface area contributed by atoms with Crippen LogP contribution in [-0.2, 0) is 14.3 Å². The number of amides is 1. The van der Waals surface area contributed by atoms with Gasteiger partial charge in [0.1, 0.15) is 5.60 Å². The van der Waals surface area contributed by atoms with Gasteiger partial charge in [-0.3, -0.25) is 4.79 Å². The number of allylic oxidation sites excluding steroid dienone is 1. The van der Waals surface area contributed by atoms with Gasteiger partial charge in [0.05, 0.1) is 23.7 Å². The van der Waals surface area contributed by atoms with E-state index < -0.39 is 11.6 Å². The van der Waals surface area contributed by atoms with Crippen molar-refractivity contribution in [1.82, 2.24) is 10.2 Å². The average Bonchev–Trinajstić information content (AvgIpc) is 3.07. The predicted molar refractivity (Wildman–Crippen MR) is 135 cm³/mol. The highest BCUT2D eigenvalue weighted by atomic mass is 32.2. The fourth-order valence-electron chi connectivity index (χ4n) is 3.86. The molecule has 0 saturated heterocycles. The minimum atomic E-state index is -0.629. The van der Waals surface area contributed by atoms with Crippen molar-refractivity contribution in [3.8, 4) is 0 Å². The number of nitrogens with zero attached hydrogens (tertiary/aromatic N) is 2. The molecule has 3 rings (SSSR count). The van der Waals surface area contributed by atoms with E-state index in [2.05, 4.69) is 37.4 Å². The number of carbonyl (C=O) groups is 2. The van der Waals surface area contributed by atoms with E-state index in [4.69, 9.17) is 9.73 Å². The lowest BCUT2D eigenvalue weighted by Crippen LogP contribution is -2.39. The van der Waals surface area contributed by atoms with Crippen molar-refractivity contribution in [1.29, 1.82) is 0 Å². The molecule has 2 heterocycles. The smallest absolute Gasteiger partial charge is 0.338 e. The number of hydrogen-bond donors (Lipinski definition) is 1. The SMILES string of the molecule is CC1=C(C(=O)OC(C)(C)C)C(c2cc(C)ccc2C)N2C(CC(=O)NCC(C)C)=CSC2=N1. The third-order valence-corrected chi connectivity index (χ3v) is 6.29. The molecular weight excluding hydrogens is 434 g/mol. The molecule has 0 aromatic heterocycles. The van der Waals surface area contributed by atoms with Gasteiger partial charge in [0.25, 0.3) is 0 Å². The molecule has 2 aliphatic rings. The van der Waals surface area contributed by atoms with Crippen molar-refractivity contribution in [3.63, 3.8) is 0 Å². The first-order chi connectivity index (χ1) is 15.4. The summed E-state index contributed by atoms with van der Waals surface area (Å²) < 4.78 is 5.80. The van der Waals surface area contributed by atoms with E-state index in [-0.39, 0.29) is 18.3 Å². The first-order valence-electron chi connectivity index (χ1n) is 11.4. The number of carbonyl (C=O) groups excluding carboxylic acids is 2. The van der Waals surface area contributed by atoms with E-state index in [0.717, 1.165) is 27.6 Å². The van der Waals surface area contributed by atoms with Crippen LogP contribution in [0.3, 0.4) is 0 Å². The number of aliphatic imine (C=N–C) groups is 1. The van der Waals surface area contributed by atoms with Crippen LogP contribution in [0.5, 0.6) is 0 Å². The van der Waals surface area contributed by atoms with Crippen LogP contribution in [0, 0.1) is 19.8 Å². The fourth-order valence-corrected chi connectivity index (χ4v) is 4.82. The number of rotatable bonds is 6. The fraction of sp³-hybridized carbons (Fsp3) is 0.500. The summed E-state index contributed by atoms with van der Waals surface area (Å²) in [5.41, 5.74) is 4.55. The monoisotopic (exact) mass is 469 g/mol. The molecule has 178 valence electrons. The number of benzene rings is 1. The molecule has 0 saturated carbocycles. The van der Waals surface area contributed by atoms with Crippen LogP contribution in [0.4, 0.5) is 0 Å². The topological polar surface area (TPSA) is 71.0 Å². The highest BCUT2D eigenvalue weighted by Gasteiger charge is 2.42. The molecule has 33 heavy (non-hydrogen) atoms. The molecule has 0 radical (unpaired) electrons. The van der Waals surface area contributed by atoms with Crippen LogP contribution >= 0.6 is 11.8 Å². The van der Waals surface area contributed by atoms with Gasteiger partial charge in [-0.1, -0.05) is 49.4 Å². The molecule has 1 aromatic rings. The van der Waals surface area contributed by atoms with Crippen LogP contribution in [0.2, 0.25) is 0 Å². The average molecular weight is 470 g/mol. The molecule has 6 nitrogen and oxygen atoms in total. The Labute approximate surface area is 201 Å². The van der Waals surface area contributed by atoms with Gasteiger partial charge in [0.15, 0.2) is 5.17 Å². The van der Waals surface area contributed by atoms with Gasteiger partial charge < -0.3 is 15.0 Å². The second-order valence-corrected chi connectivity index (χ2v) is 11.0. The number of amidine groups is 1. The Hall–Kier alpha value is -2.54. The minimum Gasteiger partial charge on any atom is -0.456 e. The standard InChI is InChI=1S/C26H35N3O3S/c1-15(2)13-27-21(30)12-19-14-33-25-28-18(5)22(24(31)32-26(6,7)8)23(29(19)25)20-11-16(3)9-10-17(20)4/h9-11,14-15,23H,12-13H2,1-8H3,(H,27,30). The third-order valence-electron chi connectivity index (χ3n) is 5.40. The van der Waals surface area contributed by atoms with Gasteiger partial charge >= 0.3 is 5.97 Å². The second-order valence-electron chi connectivity index (χ2n) is 10.1. The molecule has 0 fully saturated rings. The van der Waals surface area contributed by atoms with Crippen LogP contribution < -0.4 is 5.32 Å². The van der Waals surface area contributed by atoms with Crippen molar-refractivity contribution in [2.24, 2.45) is 10.9 Å².